The standard InChI is InChI=1S/C6H6N2S/c1-2-4-8-5-9-7-6(8)3-1/h1-4H,5H2. The quantitative estimate of drug-likeness (QED) is 0.470. The van der Waals surface area contributed by atoms with E-state index in [0.717, 1.165) is 11.7 Å². The first-order valence-electron chi connectivity index (χ1n) is 2.78. The van der Waals surface area contributed by atoms with Gasteiger partial charge >= 0.3 is 0 Å². The van der Waals surface area contributed by atoms with E-state index in [9.17, 15) is 0 Å². The third-order valence-electron chi connectivity index (χ3n) is 1.27. The number of amidine groups is 1. The molecule has 0 aliphatic carbocycles. The molecule has 0 atom stereocenters. The summed E-state index contributed by atoms with van der Waals surface area (Å²) in [5.74, 6) is 2.04. The minimum absolute atomic E-state index is 0.968. The van der Waals surface area contributed by atoms with Crippen molar-refractivity contribution >= 4 is 17.8 Å². The van der Waals surface area contributed by atoms with Crippen LogP contribution in [0.25, 0.3) is 0 Å². The second-order valence-corrected chi connectivity index (χ2v) is 2.58. The number of hydrogen-bond donors (Lipinski definition) is 0. The van der Waals surface area contributed by atoms with Crippen LogP contribution in [0.1, 0.15) is 0 Å². The van der Waals surface area contributed by atoms with E-state index in [4.69, 9.17) is 0 Å². The van der Waals surface area contributed by atoms with Crippen molar-refractivity contribution in [1.82, 2.24) is 4.90 Å². The molecule has 0 radical (unpaired) electrons. The van der Waals surface area contributed by atoms with Gasteiger partial charge in [-0.25, -0.2) is 0 Å². The van der Waals surface area contributed by atoms with Gasteiger partial charge in [-0.2, -0.15) is 4.40 Å². The van der Waals surface area contributed by atoms with Crippen LogP contribution in [0.2, 0.25) is 0 Å². The fraction of sp³-hybridized carbons (Fsp3) is 0.167. The fourth-order valence-electron chi connectivity index (χ4n) is 0.817. The SMILES string of the molecule is C1=CC2=NSCN2C=C1. The Bertz CT molecular complexity index is 202. The molecule has 0 amide bonds. The van der Waals surface area contributed by atoms with Crippen LogP contribution >= 0.6 is 11.9 Å². The average molecular weight is 138 g/mol. The van der Waals surface area contributed by atoms with E-state index in [1.165, 1.54) is 0 Å². The molecule has 46 valence electrons. The van der Waals surface area contributed by atoms with Gasteiger partial charge in [-0.05, 0) is 24.1 Å². The molecule has 0 spiro atoms. The van der Waals surface area contributed by atoms with Crippen molar-refractivity contribution < 1.29 is 0 Å². The summed E-state index contributed by atoms with van der Waals surface area (Å²) >= 11 is 1.59. The number of rotatable bonds is 0. The molecule has 2 nitrogen and oxygen atoms in total. The summed E-state index contributed by atoms with van der Waals surface area (Å²) in [6, 6.07) is 0. The lowest BCUT2D eigenvalue weighted by molar-refractivity contribution is 0.677. The molecule has 0 fully saturated rings. The van der Waals surface area contributed by atoms with Gasteiger partial charge < -0.3 is 4.90 Å². The van der Waals surface area contributed by atoms with E-state index in [-0.39, 0.29) is 0 Å². The molecule has 0 saturated carbocycles. The van der Waals surface area contributed by atoms with Gasteiger partial charge in [0.15, 0.2) is 0 Å². The van der Waals surface area contributed by atoms with Crippen LogP contribution in [0, 0.1) is 0 Å². The van der Waals surface area contributed by atoms with Crippen LogP contribution in [-0.4, -0.2) is 16.6 Å². The molecular formula is C6H6N2S. The Balaban J connectivity index is 2.33. The van der Waals surface area contributed by atoms with E-state index in [2.05, 4.69) is 9.30 Å². The zero-order valence-electron chi connectivity index (χ0n) is 4.82. The third kappa shape index (κ3) is 0.772. The molecule has 2 aliphatic heterocycles. The van der Waals surface area contributed by atoms with Gasteiger partial charge in [0.2, 0.25) is 0 Å². The van der Waals surface area contributed by atoms with Crippen LogP contribution in [0.4, 0.5) is 0 Å². The summed E-state index contributed by atoms with van der Waals surface area (Å²) in [6.07, 6.45) is 8.07. The first-order chi connectivity index (χ1) is 4.47. The first kappa shape index (κ1) is 5.11. The zero-order valence-corrected chi connectivity index (χ0v) is 5.64. The summed E-state index contributed by atoms with van der Waals surface area (Å²) in [7, 11) is 0. The highest BCUT2D eigenvalue weighted by atomic mass is 32.2. The summed E-state index contributed by atoms with van der Waals surface area (Å²) in [5.41, 5.74) is 0. The molecule has 9 heavy (non-hydrogen) atoms. The van der Waals surface area contributed by atoms with Gasteiger partial charge in [0.05, 0.1) is 5.88 Å². The third-order valence-corrected chi connectivity index (χ3v) is 1.98. The zero-order chi connectivity index (χ0) is 6.10. The molecule has 2 heterocycles. The highest BCUT2D eigenvalue weighted by Crippen LogP contribution is 2.19. The lowest BCUT2D eigenvalue weighted by atomic mass is 10.3. The van der Waals surface area contributed by atoms with Crippen LogP contribution in [-0.2, 0) is 0 Å². The largest absolute Gasteiger partial charge is 0.321 e. The topological polar surface area (TPSA) is 15.6 Å². The van der Waals surface area contributed by atoms with E-state index in [0.29, 0.717) is 0 Å². The van der Waals surface area contributed by atoms with Gasteiger partial charge in [0.25, 0.3) is 0 Å². The Hall–Kier alpha value is -0.700. The van der Waals surface area contributed by atoms with E-state index in [1.54, 1.807) is 11.9 Å². The number of allylic oxidation sites excluding steroid dienone is 2. The fourth-order valence-corrected chi connectivity index (χ4v) is 1.52. The average Bonchev–Trinajstić information content (AvgIpc) is 2.33. The molecule has 2 aliphatic rings. The second kappa shape index (κ2) is 1.92. The van der Waals surface area contributed by atoms with Crippen LogP contribution < -0.4 is 0 Å². The predicted molar refractivity (Wildman–Crippen MR) is 40.0 cm³/mol. The second-order valence-electron chi connectivity index (χ2n) is 1.88. The minimum atomic E-state index is 0.968. The number of hydrogen-bond acceptors (Lipinski definition) is 3. The number of fused-ring (bicyclic) bond motifs is 1. The van der Waals surface area contributed by atoms with E-state index < -0.39 is 0 Å². The molecule has 0 saturated heterocycles. The lowest BCUT2D eigenvalue weighted by Crippen LogP contribution is -2.19. The van der Waals surface area contributed by atoms with Gasteiger partial charge in [0.1, 0.15) is 5.84 Å². The van der Waals surface area contributed by atoms with Crippen molar-refractivity contribution in [1.29, 1.82) is 0 Å². The predicted octanol–water partition coefficient (Wildman–Crippen LogP) is 1.39. The Labute approximate surface area is 58.1 Å². The molecule has 2 rings (SSSR count). The van der Waals surface area contributed by atoms with E-state index in [1.807, 2.05) is 24.4 Å². The lowest BCUT2D eigenvalue weighted by Gasteiger charge is -2.12. The van der Waals surface area contributed by atoms with Crippen LogP contribution in [0.15, 0.2) is 28.8 Å². The summed E-state index contributed by atoms with van der Waals surface area (Å²) in [4.78, 5) is 2.12. The smallest absolute Gasteiger partial charge is 0.141 e. The molecule has 0 N–H and O–H groups in total. The summed E-state index contributed by atoms with van der Waals surface area (Å²) in [5, 5.41) is 0. The normalized spacial score (nSPS) is 22.2. The van der Waals surface area contributed by atoms with Crippen molar-refractivity contribution in [3.63, 3.8) is 0 Å². The number of nitrogens with zero attached hydrogens (tertiary/aromatic N) is 2. The monoisotopic (exact) mass is 138 g/mol. The van der Waals surface area contributed by atoms with Crippen molar-refractivity contribution in [2.45, 2.75) is 0 Å². The molecular weight excluding hydrogens is 132 g/mol. The van der Waals surface area contributed by atoms with Crippen molar-refractivity contribution in [3.8, 4) is 0 Å². The highest BCUT2D eigenvalue weighted by molar-refractivity contribution is 7.98. The Morgan fingerprint density at radius 2 is 2.56 bits per heavy atom. The molecule has 0 bridgehead atoms. The molecule has 3 heteroatoms. The Kier molecular flexibility index (Phi) is 1.09. The molecule has 0 aromatic carbocycles. The first-order valence-corrected chi connectivity index (χ1v) is 3.72. The maximum Gasteiger partial charge on any atom is 0.141 e. The molecule has 0 unspecified atom stereocenters. The van der Waals surface area contributed by atoms with Crippen LogP contribution in [0.5, 0.6) is 0 Å². The van der Waals surface area contributed by atoms with Gasteiger partial charge in [-0.1, -0.05) is 6.08 Å². The minimum Gasteiger partial charge on any atom is -0.321 e. The van der Waals surface area contributed by atoms with Gasteiger partial charge in [0, 0.05) is 6.20 Å². The maximum absolute atomic E-state index is 4.18. The van der Waals surface area contributed by atoms with Crippen molar-refractivity contribution in [2.75, 3.05) is 5.88 Å². The highest BCUT2D eigenvalue weighted by Gasteiger charge is 2.12. The van der Waals surface area contributed by atoms with Crippen LogP contribution in [0.3, 0.4) is 0 Å². The Morgan fingerprint density at radius 3 is 3.44 bits per heavy atom. The van der Waals surface area contributed by atoms with Crippen molar-refractivity contribution in [3.05, 3.63) is 24.4 Å². The molecule has 0 aromatic heterocycles. The van der Waals surface area contributed by atoms with Gasteiger partial charge in [-0.3, -0.25) is 0 Å². The molecule has 0 aromatic rings. The maximum atomic E-state index is 4.18. The summed E-state index contributed by atoms with van der Waals surface area (Å²) in [6.45, 7) is 0. The summed E-state index contributed by atoms with van der Waals surface area (Å²) < 4.78 is 4.18. The van der Waals surface area contributed by atoms with E-state index >= 15 is 0 Å². The van der Waals surface area contributed by atoms with Crippen molar-refractivity contribution in [2.24, 2.45) is 4.40 Å². The Morgan fingerprint density at radius 1 is 1.56 bits per heavy atom. The van der Waals surface area contributed by atoms with Gasteiger partial charge in [-0.15, -0.1) is 0 Å².